The van der Waals surface area contributed by atoms with Gasteiger partial charge in [0, 0.05) is 24.3 Å². The van der Waals surface area contributed by atoms with E-state index in [1.54, 1.807) is 11.1 Å². The van der Waals surface area contributed by atoms with Crippen molar-refractivity contribution in [3.8, 4) is 5.75 Å². The summed E-state index contributed by atoms with van der Waals surface area (Å²) in [5, 5.41) is 3.29. The Kier molecular flexibility index (Phi) is 5.52. The molecule has 30 heavy (non-hydrogen) atoms. The van der Waals surface area contributed by atoms with Crippen molar-refractivity contribution >= 4 is 23.2 Å². The standard InChI is InChI=1S/C23H24N4O3/c1-16-10-11-18(27-12-6-9-21(27)28)13-19(16)24-23-25-22(29)20(30-2)15-26(23)14-17-7-4-3-5-8-17/h3-5,7-8,10-11,13,15H,6,9,12,14H2,1-2H3,(H,24,25,29). The second-order valence-corrected chi connectivity index (χ2v) is 7.32. The number of aryl methyl sites for hydroxylation is 1. The zero-order valence-corrected chi connectivity index (χ0v) is 17.1. The molecule has 3 aromatic rings. The Morgan fingerprint density at radius 1 is 1.13 bits per heavy atom. The van der Waals surface area contributed by atoms with E-state index >= 15 is 0 Å². The van der Waals surface area contributed by atoms with E-state index in [0.717, 1.165) is 35.5 Å². The topological polar surface area (TPSA) is 76.5 Å². The molecule has 0 saturated carbocycles. The van der Waals surface area contributed by atoms with Crippen molar-refractivity contribution in [3.05, 3.63) is 76.2 Å². The van der Waals surface area contributed by atoms with Crippen LogP contribution in [0.4, 0.5) is 17.3 Å². The van der Waals surface area contributed by atoms with Gasteiger partial charge in [0.2, 0.25) is 17.6 Å². The van der Waals surface area contributed by atoms with Gasteiger partial charge in [-0.05, 0) is 36.6 Å². The molecule has 1 aliphatic rings. The summed E-state index contributed by atoms with van der Waals surface area (Å²) in [5.41, 5.74) is 3.26. The van der Waals surface area contributed by atoms with Crippen LogP contribution in [0.15, 0.2) is 59.5 Å². The third-order valence-corrected chi connectivity index (χ3v) is 5.23. The lowest BCUT2D eigenvalue weighted by atomic mass is 10.1. The number of aromatic nitrogens is 2. The maximum absolute atomic E-state index is 12.3. The average Bonchev–Trinajstić information content (AvgIpc) is 3.18. The fourth-order valence-electron chi connectivity index (χ4n) is 3.57. The van der Waals surface area contributed by atoms with E-state index in [1.165, 1.54) is 7.11 Å². The molecule has 2 aromatic carbocycles. The number of hydrogen-bond donors (Lipinski definition) is 1. The molecule has 1 fully saturated rings. The lowest BCUT2D eigenvalue weighted by molar-refractivity contribution is -0.117. The van der Waals surface area contributed by atoms with E-state index in [-0.39, 0.29) is 11.7 Å². The molecule has 1 amide bonds. The van der Waals surface area contributed by atoms with Crippen LogP contribution in [-0.4, -0.2) is 29.1 Å². The highest BCUT2D eigenvalue weighted by Crippen LogP contribution is 2.28. The summed E-state index contributed by atoms with van der Waals surface area (Å²) in [6.07, 6.45) is 3.10. The number of nitrogens with one attached hydrogen (secondary N) is 1. The van der Waals surface area contributed by atoms with Gasteiger partial charge in [0.1, 0.15) is 0 Å². The highest BCUT2D eigenvalue weighted by atomic mass is 16.5. The number of hydrogen-bond acceptors (Lipinski definition) is 5. The number of nitrogens with zero attached hydrogens (tertiary/aromatic N) is 3. The summed E-state index contributed by atoms with van der Waals surface area (Å²) >= 11 is 0. The van der Waals surface area contributed by atoms with Crippen LogP contribution in [0.2, 0.25) is 0 Å². The van der Waals surface area contributed by atoms with Crippen molar-refractivity contribution in [1.82, 2.24) is 9.55 Å². The van der Waals surface area contributed by atoms with Crippen LogP contribution in [0, 0.1) is 6.92 Å². The molecule has 1 aliphatic heterocycles. The Hall–Kier alpha value is -3.61. The van der Waals surface area contributed by atoms with E-state index in [4.69, 9.17) is 4.74 Å². The number of rotatable bonds is 6. The molecule has 1 saturated heterocycles. The van der Waals surface area contributed by atoms with Crippen LogP contribution < -0.4 is 20.5 Å². The van der Waals surface area contributed by atoms with Crippen LogP contribution in [-0.2, 0) is 11.3 Å². The molecular formula is C23H24N4O3. The number of anilines is 3. The molecule has 4 rings (SSSR count). The summed E-state index contributed by atoms with van der Waals surface area (Å²) < 4.78 is 7.03. The van der Waals surface area contributed by atoms with Crippen LogP contribution in [0.25, 0.3) is 0 Å². The first-order valence-corrected chi connectivity index (χ1v) is 9.92. The lowest BCUT2D eigenvalue weighted by Gasteiger charge is -2.20. The minimum atomic E-state index is -0.437. The Morgan fingerprint density at radius 2 is 1.93 bits per heavy atom. The van der Waals surface area contributed by atoms with Crippen molar-refractivity contribution in [2.24, 2.45) is 0 Å². The smallest absolute Gasteiger partial charge is 0.316 e. The first-order chi connectivity index (χ1) is 14.5. The summed E-state index contributed by atoms with van der Waals surface area (Å²) in [7, 11) is 1.46. The van der Waals surface area contributed by atoms with Crippen molar-refractivity contribution in [3.63, 3.8) is 0 Å². The van der Waals surface area contributed by atoms with Gasteiger partial charge in [-0.15, -0.1) is 0 Å². The fraction of sp³-hybridized carbons (Fsp3) is 0.261. The van der Waals surface area contributed by atoms with Crippen molar-refractivity contribution in [2.45, 2.75) is 26.3 Å². The molecule has 1 N–H and O–H groups in total. The summed E-state index contributed by atoms with van der Waals surface area (Å²) in [5.74, 6) is 0.732. The Morgan fingerprint density at radius 3 is 2.63 bits per heavy atom. The predicted octanol–water partition coefficient (Wildman–Crippen LogP) is 3.48. The number of carbonyl (C=O) groups excluding carboxylic acids is 1. The highest BCUT2D eigenvalue weighted by Gasteiger charge is 2.22. The molecule has 0 spiro atoms. The van der Waals surface area contributed by atoms with E-state index < -0.39 is 5.56 Å². The quantitative estimate of drug-likeness (QED) is 0.681. The van der Waals surface area contributed by atoms with Gasteiger partial charge < -0.3 is 19.5 Å². The van der Waals surface area contributed by atoms with Crippen LogP contribution >= 0.6 is 0 Å². The summed E-state index contributed by atoms with van der Waals surface area (Å²) in [4.78, 5) is 30.5. The van der Waals surface area contributed by atoms with Crippen molar-refractivity contribution in [2.75, 3.05) is 23.9 Å². The molecule has 0 aliphatic carbocycles. The Bertz CT molecular complexity index is 1130. The fourth-order valence-corrected chi connectivity index (χ4v) is 3.57. The minimum Gasteiger partial charge on any atom is -0.490 e. The van der Waals surface area contributed by atoms with Crippen LogP contribution in [0.1, 0.15) is 24.0 Å². The van der Waals surface area contributed by atoms with Crippen molar-refractivity contribution in [1.29, 1.82) is 0 Å². The maximum Gasteiger partial charge on any atom is 0.316 e. The number of benzene rings is 2. The number of methoxy groups -OCH3 is 1. The van der Waals surface area contributed by atoms with Gasteiger partial charge in [-0.25, -0.2) is 0 Å². The van der Waals surface area contributed by atoms with Gasteiger partial charge in [-0.3, -0.25) is 9.59 Å². The molecular weight excluding hydrogens is 380 g/mol. The molecule has 1 aromatic heterocycles. The van der Waals surface area contributed by atoms with Crippen LogP contribution in [0.5, 0.6) is 5.75 Å². The van der Waals surface area contributed by atoms with Crippen LogP contribution in [0.3, 0.4) is 0 Å². The average molecular weight is 404 g/mol. The normalized spacial score (nSPS) is 13.5. The second-order valence-electron chi connectivity index (χ2n) is 7.32. The molecule has 0 bridgehead atoms. The lowest BCUT2D eigenvalue weighted by Crippen LogP contribution is -2.24. The SMILES string of the molecule is COc1cn(Cc2ccccc2)c(Nc2cc(N3CCCC3=O)ccc2C)nc1=O. The maximum atomic E-state index is 12.3. The highest BCUT2D eigenvalue weighted by molar-refractivity contribution is 5.96. The van der Waals surface area contributed by atoms with Gasteiger partial charge in [-0.1, -0.05) is 36.4 Å². The number of carbonyl (C=O) groups is 1. The van der Waals surface area contributed by atoms with Gasteiger partial charge in [0.05, 0.1) is 19.9 Å². The molecule has 0 atom stereocenters. The first kappa shape index (κ1) is 19.7. The number of ether oxygens (including phenoxy) is 1. The predicted molar refractivity (Wildman–Crippen MR) is 117 cm³/mol. The first-order valence-electron chi connectivity index (χ1n) is 9.92. The monoisotopic (exact) mass is 404 g/mol. The van der Waals surface area contributed by atoms with E-state index in [1.807, 2.05) is 60.0 Å². The second kappa shape index (κ2) is 8.41. The third kappa shape index (κ3) is 4.05. The van der Waals surface area contributed by atoms with Gasteiger partial charge in [-0.2, -0.15) is 4.98 Å². The van der Waals surface area contributed by atoms with Gasteiger partial charge in [0.25, 0.3) is 0 Å². The van der Waals surface area contributed by atoms with E-state index in [0.29, 0.717) is 18.9 Å². The Labute approximate surface area is 174 Å². The molecule has 7 nitrogen and oxygen atoms in total. The minimum absolute atomic E-state index is 0.133. The zero-order chi connectivity index (χ0) is 21.1. The van der Waals surface area contributed by atoms with Crippen molar-refractivity contribution < 1.29 is 9.53 Å². The molecule has 0 unspecified atom stereocenters. The van der Waals surface area contributed by atoms with Gasteiger partial charge in [0.15, 0.2) is 0 Å². The molecule has 7 heteroatoms. The Balaban J connectivity index is 1.71. The van der Waals surface area contributed by atoms with E-state index in [9.17, 15) is 9.59 Å². The summed E-state index contributed by atoms with van der Waals surface area (Å²) in [6, 6.07) is 15.8. The largest absolute Gasteiger partial charge is 0.490 e. The summed E-state index contributed by atoms with van der Waals surface area (Å²) in [6.45, 7) is 3.22. The third-order valence-electron chi connectivity index (χ3n) is 5.23. The molecule has 154 valence electrons. The molecule has 0 radical (unpaired) electrons. The number of amides is 1. The zero-order valence-electron chi connectivity index (χ0n) is 17.1. The van der Waals surface area contributed by atoms with Gasteiger partial charge >= 0.3 is 5.56 Å². The van der Waals surface area contributed by atoms with E-state index in [2.05, 4.69) is 10.3 Å². The molecule has 2 heterocycles.